The maximum atomic E-state index is 12.9. The summed E-state index contributed by atoms with van der Waals surface area (Å²) in [4.78, 5) is 25.1. The zero-order valence-electron chi connectivity index (χ0n) is 25.0. The topological polar surface area (TPSA) is 61.8 Å². The van der Waals surface area contributed by atoms with Crippen LogP contribution in [0.25, 0.3) is 22.3 Å². The molecule has 0 bridgehead atoms. The second kappa shape index (κ2) is 18.0. The molecule has 0 saturated carbocycles. The van der Waals surface area contributed by atoms with Crippen molar-refractivity contribution in [1.82, 2.24) is 0 Å². The van der Waals surface area contributed by atoms with E-state index in [9.17, 15) is 9.59 Å². The summed E-state index contributed by atoms with van der Waals surface area (Å²) in [5.74, 6) is 0.122. The third-order valence-corrected chi connectivity index (χ3v) is 7.21. The van der Waals surface area contributed by atoms with Gasteiger partial charge in [-0.05, 0) is 72.7 Å². The van der Waals surface area contributed by atoms with E-state index in [1.54, 1.807) is 12.1 Å². The molecule has 5 heteroatoms. The molecule has 3 aromatic carbocycles. The van der Waals surface area contributed by atoms with E-state index in [4.69, 9.17) is 14.2 Å². The molecule has 0 aliphatic heterocycles. The number of hydrogen-bond donors (Lipinski definition) is 0. The highest BCUT2D eigenvalue weighted by molar-refractivity contribution is 5.98. The first-order chi connectivity index (χ1) is 20.0. The van der Waals surface area contributed by atoms with Crippen molar-refractivity contribution < 1.29 is 23.8 Å². The third kappa shape index (κ3) is 11.1. The average Bonchev–Trinajstić information content (AvgIpc) is 2.99. The van der Waals surface area contributed by atoms with Crippen molar-refractivity contribution >= 4 is 12.1 Å². The number of esters is 1. The van der Waals surface area contributed by atoms with Crippen molar-refractivity contribution in [3.05, 3.63) is 78.4 Å². The number of unbranched alkanes of at least 4 members (excludes halogenated alkanes) is 8. The Morgan fingerprint density at radius 1 is 0.683 bits per heavy atom. The molecule has 41 heavy (non-hydrogen) atoms. The molecule has 220 valence electrons. The van der Waals surface area contributed by atoms with Gasteiger partial charge in [0.05, 0.1) is 12.2 Å². The molecule has 3 aromatic rings. The number of ether oxygens (including phenoxy) is 3. The molecule has 5 nitrogen and oxygen atoms in total. The number of carbonyl (C=O) groups is 2. The lowest BCUT2D eigenvalue weighted by Crippen LogP contribution is -2.19. The predicted octanol–water partition coefficient (Wildman–Crippen LogP) is 10.4. The van der Waals surface area contributed by atoms with Gasteiger partial charge in [-0.1, -0.05) is 114 Å². The van der Waals surface area contributed by atoms with Crippen LogP contribution in [0.15, 0.2) is 72.8 Å². The van der Waals surface area contributed by atoms with E-state index in [1.807, 2.05) is 67.6 Å². The Balaban J connectivity index is 1.66. The molecular weight excluding hydrogens is 512 g/mol. The summed E-state index contributed by atoms with van der Waals surface area (Å²) in [6.45, 7) is 6.93. The van der Waals surface area contributed by atoms with E-state index in [0.717, 1.165) is 73.1 Å². The molecule has 0 spiro atoms. The molecule has 0 N–H and O–H groups in total. The Bertz CT molecular complexity index is 1190. The number of carbonyl (C=O) groups excluding carboxylic acids is 2. The van der Waals surface area contributed by atoms with E-state index in [1.165, 1.54) is 32.1 Å². The van der Waals surface area contributed by atoms with E-state index in [2.05, 4.69) is 13.8 Å². The molecule has 1 atom stereocenters. The van der Waals surface area contributed by atoms with Crippen molar-refractivity contribution in [3.63, 3.8) is 0 Å². The summed E-state index contributed by atoms with van der Waals surface area (Å²) in [7, 11) is 0. The van der Waals surface area contributed by atoms with Crippen LogP contribution >= 0.6 is 0 Å². The van der Waals surface area contributed by atoms with Crippen molar-refractivity contribution in [2.24, 2.45) is 0 Å². The van der Waals surface area contributed by atoms with E-state index >= 15 is 0 Å². The summed E-state index contributed by atoms with van der Waals surface area (Å²) < 4.78 is 16.3. The molecule has 0 aliphatic rings. The standard InChI is InChI=1S/C36H46O5/c1-4-6-8-10-11-16-26-39-32-23-20-30(21-24-32)33-25-22-31(27-34(33)29-18-14-12-15-19-29)35(37)41-36(38)40-28(3)17-13-9-7-5-2/h12,14-15,18-25,27-28H,4-11,13,16-17,26H2,1-3H3. The van der Waals surface area contributed by atoms with Gasteiger partial charge in [-0.15, -0.1) is 0 Å². The van der Waals surface area contributed by atoms with Crippen LogP contribution in [0.2, 0.25) is 0 Å². The molecule has 0 aromatic heterocycles. The Kier molecular flexibility index (Phi) is 14.0. The largest absolute Gasteiger partial charge is 0.516 e. The second-order valence-corrected chi connectivity index (χ2v) is 10.7. The molecule has 0 amide bonds. The summed E-state index contributed by atoms with van der Waals surface area (Å²) in [5.41, 5.74) is 4.10. The lowest BCUT2D eigenvalue weighted by Gasteiger charge is -2.14. The normalized spacial score (nSPS) is 11.6. The van der Waals surface area contributed by atoms with Gasteiger partial charge in [0.15, 0.2) is 0 Å². The number of rotatable bonds is 17. The van der Waals surface area contributed by atoms with Crippen LogP contribution in [0.1, 0.15) is 102 Å². The maximum absolute atomic E-state index is 12.9. The second-order valence-electron chi connectivity index (χ2n) is 10.7. The van der Waals surface area contributed by atoms with E-state index in [-0.39, 0.29) is 6.10 Å². The smallest absolute Gasteiger partial charge is 0.494 e. The molecule has 0 saturated heterocycles. The van der Waals surface area contributed by atoms with Crippen LogP contribution in [-0.4, -0.2) is 24.8 Å². The highest BCUT2D eigenvalue weighted by atomic mass is 16.7. The molecule has 1 unspecified atom stereocenters. The first-order valence-corrected chi connectivity index (χ1v) is 15.4. The minimum absolute atomic E-state index is 0.291. The van der Waals surface area contributed by atoms with Gasteiger partial charge in [-0.2, -0.15) is 0 Å². The molecule has 0 fully saturated rings. The molecule has 0 heterocycles. The van der Waals surface area contributed by atoms with Crippen LogP contribution in [-0.2, 0) is 9.47 Å². The summed E-state index contributed by atoms with van der Waals surface area (Å²) in [5, 5.41) is 0. The highest BCUT2D eigenvalue weighted by Gasteiger charge is 2.19. The van der Waals surface area contributed by atoms with Gasteiger partial charge in [0, 0.05) is 0 Å². The fourth-order valence-electron chi connectivity index (χ4n) is 4.82. The molecule has 3 rings (SSSR count). The summed E-state index contributed by atoms with van der Waals surface area (Å²) >= 11 is 0. The van der Waals surface area contributed by atoms with Crippen LogP contribution in [0.5, 0.6) is 5.75 Å². The zero-order valence-corrected chi connectivity index (χ0v) is 25.0. The van der Waals surface area contributed by atoms with Crippen LogP contribution in [0.3, 0.4) is 0 Å². The van der Waals surface area contributed by atoms with Gasteiger partial charge in [-0.3, -0.25) is 0 Å². The lowest BCUT2D eigenvalue weighted by atomic mass is 9.93. The van der Waals surface area contributed by atoms with Crippen molar-refractivity contribution in [3.8, 4) is 28.0 Å². The monoisotopic (exact) mass is 558 g/mol. The van der Waals surface area contributed by atoms with Crippen LogP contribution in [0, 0.1) is 0 Å². The first kappa shape index (κ1) is 31.9. The van der Waals surface area contributed by atoms with Crippen molar-refractivity contribution in [2.45, 2.75) is 97.5 Å². The number of hydrogen-bond acceptors (Lipinski definition) is 5. The van der Waals surface area contributed by atoms with Crippen molar-refractivity contribution in [1.29, 1.82) is 0 Å². The van der Waals surface area contributed by atoms with Gasteiger partial charge in [0.2, 0.25) is 0 Å². The fraction of sp³-hybridized carbons (Fsp3) is 0.444. The quantitative estimate of drug-likeness (QED) is 0.0937. The summed E-state index contributed by atoms with van der Waals surface area (Å²) in [6.07, 6.45) is 11.3. The Morgan fingerprint density at radius 2 is 1.32 bits per heavy atom. The van der Waals surface area contributed by atoms with E-state index in [0.29, 0.717) is 5.56 Å². The molecule has 0 radical (unpaired) electrons. The van der Waals surface area contributed by atoms with Crippen LogP contribution < -0.4 is 4.74 Å². The number of benzene rings is 3. The third-order valence-electron chi connectivity index (χ3n) is 7.21. The average molecular weight is 559 g/mol. The highest BCUT2D eigenvalue weighted by Crippen LogP contribution is 2.34. The Morgan fingerprint density at radius 3 is 2.02 bits per heavy atom. The van der Waals surface area contributed by atoms with Gasteiger partial charge in [0.1, 0.15) is 11.9 Å². The van der Waals surface area contributed by atoms with Gasteiger partial charge < -0.3 is 14.2 Å². The minimum Gasteiger partial charge on any atom is -0.494 e. The van der Waals surface area contributed by atoms with E-state index < -0.39 is 12.1 Å². The SMILES string of the molecule is CCCCCCCCOc1ccc(-c2ccc(C(=O)OC(=O)OC(C)CCCCCC)cc2-c2ccccc2)cc1. The van der Waals surface area contributed by atoms with Gasteiger partial charge in [-0.25, -0.2) is 9.59 Å². The summed E-state index contributed by atoms with van der Waals surface area (Å²) in [6, 6.07) is 23.3. The molecule has 0 aliphatic carbocycles. The zero-order chi connectivity index (χ0) is 29.3. The van der Waals surface area contributed by atoms with Gasteiger partial charge >= 0.3 is 12.1 Å². The van der Waals surface area contributed by atoms with Crippen LogP contribution in [0.4, 0.5) is 4.79 Å². The minimum atomic E-state index is -0.958. The van der Waals surface area contributed by atoms with Gasteiger partial charge in [0.25, 0.3) is 0 Å². The predicted molar refractivity (Wildman–Crippen MR) is 166 cm³/mol. The lowest BCUT2D eigenvalue weighted by molar-refractivity contribution is 0.0231. The maximum Gasteiger partial charge on any atom is 0.516 e. The molecular formula is C36H46O5. The van der Waals surface area contributed by atoms with Crippen molar-refractivity contribution in [2.75, 3.05) is 6.61 Å². The Hall–Kier alpha value is -3.60. The first-order valence-electron chi connectivity index (χ1n) is 15.4. The Labute approximate surface area is 246 Å². The fourth-order valence-corrected chi connectivity index (χ4v) is 4.82.